The Morgan fingerprint density at radius 2 is 1.46 bits per heavy atom. The minimum Gasteiger partial charge on any atom is -0.338 e. The highest BCUT2D eigenvalue weighted by Crippen LogP contribution is 2.51. The van der Waals surface area contributed by atoms with Gasteiger partial charge in [0.05, 0.1) is 0 Å². The second-order valence-corrected chi connectivity index (χ2v) is 11.8. The number of rotatable bonds is 4. The van der Waals surface area contributed by atoms with E-state index in [0.29, 0.717) is 0 Å². The zero-order chi connectivity index (χ0) is 9.47. The van der Waals surface area contributed by atoms with Crippen LogP contribution in [0.25, 0.3) is 0 Å². The van der Waals surface area contributed by atoms with Crippen molar-refractivity contribution >= 4 is 27.2 Å². The van der Waals surface area contributed by atoms with Crippen LogP contribution in [0.2, 0.25) is 0 Å². The number of halogens is 1. The topological polar surface area (TPSA) is 40.5 Å². The molecule has 0 bridgehead atoms. The van der Waals surface area contributed by atoms with Gasteiger partial charge >= 0.3 is 0 Å². The van der Waals surface area contributed by atoms with Crippen molar-refractivity contribution in [2.24, 2.45) is 11.8 Å². The van der Waals surface area contributed by atoms with Crippen molar-refractivity contribution in [3.05, 3.63) is 0 Å². The molecule has 78 valence electrons. The summed E-state index contributed by atoms with van der Waals surface area (Å²) in [5, 5.41) is 0. The molecule has 0 spiro atoms. The molecular weight excluding hydrogens is 227 g/mol. The van der Waals surface area contributed by atoms with Gasteiger partial charge in [0.25, 0.3) is 0 Å². The van der Waals surface area contributed by atoms with Gasteiger partial charge in [-0.15, -0.1) is 10.1 Å². The zero-order valence-corrected chi connectivity index (χ0v) is 9.99. The molecule has 0 aromatic carbocycles. The van der Waals surface area contributed by atoms with Crippen molar-refractivity contribution in [2.75, 3.05) is 11.5 Å². The van der Waals surface area contributed by atoms with E-state index < -0.39 is 5.84 Å². The number of hydrogen-bond acceptors (Lipinski definition) is 0. The van der Waals surface area contributed by atoms with Gasteiger partial charge < -0.3 is 9.79 Å². The maximum absolute atomic E-state index is 9.48. The largest absolute Gasteiger partial charge is 0.338 e. The van der Waals surface area contributed by atoms with Crippen molar-refractivity contribution in [3.63, 3.8) is 0 Å². The lowest BCUT2D eigenvalue weighted by molar-refractivity contribution is 0.499. The summed E-state index contributed by atoms with van der Waals surface area (Å²) in [5.41, 5.74) is 0. The first-order valence-electron chi connectivity index (χ1n) is 4.78. The lowest BCUT2D eigenvalue weighted by atomic mass is 10.5. The third kappa shape index (κ3) is 3.56. The molecule has 0 heterocycles. The molecule has 2 rings (SSSR count). The quantitative estimate of drug-likeness (QED) is 0.743. The van der Waals surface area contributed by atoms with E-state index in [2.05, 4.69) is 0 Å². The van der Waals surface area contributed by atoms with Crippen LogP contribution in [0.15, 0.2) is 0 Å². The third-order valence-corrected chi connectivity index (χ3v) is 9.57. The molecule has 2 nitrogen and oxygen atoms in total. The minimum absolute atomic E-state index is 0.289. The summed E-state index contributed by atoms with van der Waals surface area (Å²) in [6, 6.07) is 0. The Balaban J connectivity index is 2.00. The summed E-state index contributed by atoms with van der Waals surface area (Å²) < 4.78 is 0. The van der Waals surface area contributed by atoms with E-state index in [1.807, 2.05) is 0 Å². The first kappa shape index (κ1) is 10.5. The average Bonchev–Trinajstić information content (AvgIpc) is 2.76. The van der Waals surface area contributed by atoms with Crippen LogP contribution in [0.5, 0.6) is 0 Å². The Kier molecular flexibility index (Phi) is 3.12. The van der Waals surface area contributed by atoms with Crippen molar-refractivity contribution in [1.82, 2.24) is 0 Å². The highest BCUT2D eigenvalue weighted by Gasteiger charge is 2.30. The fourth-order valence-electron chi connectivity index (χ4n) is 1.37. The molecule has 0 atom stereocenters. The normalized spacial score (nSPS) is 24.0. The number of hydrogen-bond donors (Lipinski definition) is 2. The Bertz CT molecular complexity index is 231. The highest BCUT2D eigenvalue weighted by molar-refractivity contribution is 8.37. The van der Waals surface area contributed by atoms with Gasteiger partial charge in [0.15, 0.2) is 0 Å². The summed E-state index contributed by atoms with van der Waals surface area (Å²) >= 11 is 5.68. The molecule has 2 aliphatic rings. The molecule has 2 aliphatic carbocycles. The van der Waals surface area contributed by atoms with Crippen molar-refractivity contribution in [1.29, 1.82) is 0 Å². The van der Waals surface area contributed by atoms with E-state index in [1.165, 1.54) is 25.7 Å². The van der Waals surface area contributed by atoms with E-state index in [-0.39, 0.29) is 10.1 Å². The Morgan fingerprint density at radius 1 is 1.08 bits per heavy atom. The van der Waals surface area contributed by atoms with E-state index in [0.717, 1.165) is 23.3 Å². The fourth-order valence-corrected chi connectivity index (χ4v) is 7.06. The lowest BCUT2D eigenvalue weighted by Crippen LogP contribution is -2.06. The molecule has 0 aromatic rings. The van der Waals surface area contributed by atoms with E-state index in [4.69, 9.17) is 11.2 Å². The molecule has 0 amide bonds. The second kappa shape index (κ2) is 3.86. The van der Waals surface area contributed by atoms with Crippen LogP contribution in [0.3, 0.4) is 0 Å². The molecule has 0 radical (unpaired) electrons. The standard InChI is InChI=1S/C8H16ClO2PS/c9-12(10,11)13(5-7-1-2-7)6-8-3-4-8/h7-8,10-11H,1-6H2. The molecule has 0 aliphatic heterocycles. The van der Waals surface area contributed by atoms with E-state index in [9.17, 15) is 9.79 Å². The van der Waals surface area contributed by atoms with Gasteiger partial charge in [-0.3, -0.25) is 0 Å². The van der Waals surface area contributed by atoms with E-state index >= 15 is 0 Å². The fraction of sp³-hybridized carbons (Fsp3) is 1.00. The molecule has 0 aromatic heterocycles. The molecule has 0 saturated heterocycles. The average molecular weight is 243 g/mol. The molecule has 13 heavy (non-hydrogen) atoms. The predicted octanol–water partition coefficient (Wildman–Crippen LogP) is 2.33. The zero-order valence-electron chi connectivity index (χ0n) is 7.53. The molecule has 0 unspecified atom stereocenters. The van der Waals surface area contributed by atoms with Crippen LogP contribution >= 0.6 is 17.1 Å². The first-order chi connectivity index (χ1) is 6.05. The van der Waals surface area contributed by atoms with Crippen molar-refractivity contribution in [3.8, 4) is 0 Å². The maximum atomic E-state index is 9.48. The van der Waals surface area contributed by atoms with Gasteiger partial charge in [0.1, 0.15) is 0 Å². The maximum Gasteiger partial charge on any atom is 0.235 e. The Hall–Kier alpha value is 0.990. The monoisotopic (exact) mass is 242 g/mol. The van der Waals surface area contributed by atoms with Crippen LogP contribution in [-0.4, -0.2) is 21.3 Å². The SMILES string of the molecule is OP(O)(Cl)=S(CC1CC1)CC1CC1. The van der Waals surface area contributed by atoms with Gasteiger partial charge in [0, 0.05) is 0 Å². The smallest absolute Gasteiger partial charge is 0.235 e. The summed E-state index contributed by atoms with van der Waals surface area (Å²) in [5.74, 6) is 0.391. The minimum atomic E-state index is -3.05. The van der Waals surface area contributed by atoms with Gasteiger partial charge in [-0.25, -0.2) is 0 Å². The van der Waals surface area contributed by atoms with Crippen LogP contribution in [0, 0.1) is 11.8 Å². The summed E-state index contributed by atoms with van der Waals surface area (Å²) in [6.07, 6.45) is 5.08. The van der Waals surface area contributed by atoms with Gasteiger partial charge in [-0.05, 0) is 60.3 Å². The Morgan fingerprint density at radius 3 is 1.69 bits per heavy atom. The van der Waals surface area contributed by atoms with Gasteiger partial charge in [-0.1, -0.05) is 0 Å². The molecule has 2 saturated carbocycles. The van der Waals surface area contributed by atoms with Crippen LogP contribution in [-0.2, 0) is 10.1 Å². The molecule has 2 fully saturated rings. The summed E-state index contributed by atoms with van der Waals surface area (Å²) in [7, 11) is -0.289. The van der Waals surface area contributed by atoms with Gasteiger partial charge in [0.2, 0.25) is 5.84 Å². The first-order valence-corrected chi connectivity index (χ1v) is 9.55. The van der Waals surface area contributed by atoms with Crippen LogP contribution in [0.1, 0.15) is 25.7 Å². The highest BCUT2D eigenvalue weighted by atomic mass is 35.7. The van der Waals surface area contributed by atoms with E-state index in [1.54, 1.807) is 0 Å². The van der Waals surface area contributed by atoms with Crippen LogP contribution < -0.4 is 0 Å². The summed E-state index contributed by atoms with van der Waals surface area (Å²) in [6.45, 7) is 0. The predicted molar refractivity (Wildman–Crippen MR) is 59.8 cm³/mol. The lowest BCUT2D eigenvalue weighted by Gasteiger charge is -2.14. The van der Waals surface area contributed by atoms with Gasteiger partial charge in [-0.2, -0.15) is 0 Å². The Labute approximate surface area is 86.2 Å². The molecule has 2 N–H and O–H groups in total. The van der Waals surface area contributed by atoms with Crippen molar-refractivity contribution in [2.45, 2.75) is 25.7 Å². The van der Waals surface area contributed by atoms with Crippen LogP contribution in [0.4, 0.5) is 0 Å². The molecular formula is C8H16ClO2PS. The third-order valence-electron chi connectivity index (χ3n) is 2.58. The second-order valence-electron chi connectivity index (χ2n) is 4.16. The van der Waals surface area contributed by atoms with Crippen molar-refractivity contribution < 1.29 is 9.79 Å². The summed E-state index contributed by atoms with van der Waals surface area (Å²) in [4.78, 5) is 19.0. The molecule has 5 heteroatoms.